The van der Waals surface area contributed by atoms with Gasteiger partial charge < -0.3 is 14.8 Å². The molecule has 0 saturated carbocycles. The quantitative estimate of drug-likeness (QED) is 0.115. The maximum Gasteiger partial charge on any atom is 0.307 e. The Labute approximate surface area is 210 Å². The maximum absolute atomic E-state index is 12.0. The van der Waals surface area contributed by atoms with E-state index in [1.807, 2.05) is 20.8 Å². The van der Waals surface area contributed by atoms with E-state index in [-0.39, 0.29) is 25.0 Å². The zero-order chi connectivity index (χ0) is 25.7. The fourth-order valence-electron chi connectivity index (χ4n) is 3.24. The van der Waals surface area contributed by atoms with Crippen molar-refractivity contribution in [3.63, 3.8) is 0 Å². The highest BCUT2D eigenvalue weighted by Crippen LogP contribution is 2.11. The first-order valence-corrected chi connectivity index (χ1v) is 13.2. The van der Waals surface area contributed by atoms with Gasteiger partial charge in [-0.15, -0.1) is 0 Å². The number of hydrogen-bond acceptors (Lipinski definition) is 5. The molecule has 0 rings (SSSR count). The lowest BCUT2D eigenvalue weighted by Gasteiger charge is -2.26. The molecule has 34 heavy (non-hydrogen) atoms. The monoisotopic (exact) mass is 477 g/mol. The van der Waals surface area contributed by atoms with Gasteiger partial charge in [-0.3, -0.25) is 9.59 Å². The summed E-state index contributed by atoms with van der Waals surface area (Å²) in [5, 5.41) is 3.04. The summed E-state index contributed by atoms with van der Waals surface area (Å²) in [5.41, 5.74) is -1.38. The van der Waals surface area contributed by atoms with Crippen LogP contribution >= 0.6 is 0 Å². The Balaban J connectivity index is 3.65. The normalized spacial score (nSPS) is 12.5. The van der Waals surface area contributed by atoms with Crippen molar-refractivity contribution in [3.8, 4) is 0 Å². The standard InChI is InChI=1S/C29H51NO4/c1-7-8-9-10-11-12-13-14-15-16-17-18-19-20-21-22-26(31)33-25-29(5,6)30-24-23-27(32)34-28(2,3)4/h11-12,14-15,30H,5-10,13,16-25H2,1-4H3/b12-11-,15-14-. The van der Waals surface area contributed by atoms with Crippen molar-refractivity contribution in [2.24, 2.45) is 0 Å². The highest BCUT2D eigenvalue weighted by Gasteiger charge is 2.21. The van der Waals surface area contributed by atoms with Crippen molar-refractivity contribution in [2.45, 2.75) is 122 Å². The van der Waals surface area contributed by atoms with Crippen LogP contribution in [-0.2, 0) is 19.1 Å². The summed E-state index contributed by atoms with van der Waals surface area (Å²) in [6.07, 6.45) is 22.4. The van der Waals surface area contributed by atoms with Crippen LogP contribution in [0.15, 0.2) is 24.3 Å². The second kappa shape index (κ2) is 19.7. The second-order valence-corrected chi connectivity index (χ2v) is 10.2. The molecular formula is C29H51NO4. The van der Waals surface area contributed by atoms with E-state index < -0.39 is 11.1 Å². The number of carbonyl (C=O) groups is 2. The third-order valence-electron chi connectivity index (χ3n) is 5.09. The first-order chi connectivity index (χ1) is 16.1. The molecule has 2 radical (unpaired) electrons. The molecule has 0 spiro atoms. The molecule has 5 nitrogen and oxygen atoms in total. The minimum Gasteiger partial charge on any atom is -0.464 e. The van der Waals surface area contributed by atoms with Gasteiger partial charge in [-0.05, 0) is 73.1 Å². The zero-order valence-electron chi connectivity index (χ0n) is 22.5. The number of rotatable bonds is 20. The van der Waals surface area contributed by atoms with Crippen LogP contribution in [0.2, 0.25) is 0 Å². The molecule has 5 heteroatoms. The van der Waals surface area contributed by atoms with Crippen LogP contribution in [-0.4, -0.2) is 36.2 Å². The molecule has 0 heterocycles. The summed E-state index contributed by atoms with van der Waals surface area (Å²) in [5.74, 6) is -0.509. The molecule has 0 aromatic rings. The summed E-state index contributed by atoms with van der Waals surface area (Å²) < 4.78 is 10.6. The van der Waals surface area contributed by atoms with E-state index in [2.05, 4.69) is 50.4 Å². The molecule has 0 aliphatic heterocycles. The number of allylic oxidation sites excluding steroid dienone is 4. The molecule has 0 atom stereocenters. The number of carbonyl (C=O) groups excluding carboxylic acids is 2. The predicted octanol–water partition coefficient (Wildman–Crippen LogP) is 7.07. The smallest absolute Gasteiger partial charge is 0.307 e. The van der Waals surface area contributed by atoms with Crippen molar-refractivity contribution in [1.82, 2.24) is 5.32 Å². The molecule has 0 bridgehead atoms. The summed E-state index contributed by atoms with van der Waals surface area (Å²) in [7, 11) is 0. The van der Waals surface area contributed by atoms with Gasteiger partial charge in [0.1, 0.15) is 12.2 Å². The number of unbranched alkanes of at least 4 members (excludes halogenated alkanes) is 8. The van der Waals surface area contributed by atoms with Crippen LogP contribution < -0.4 is 5.32 Å². The van der Waals surface area contributed by atoms with Crippen LogP contribution in [0.1, 0.15) is 111 Å². The molecule has 0 saturated heterocycles. The van der Waals surface area contributed by atoms with Crippen molar-refractivity contribution in [1.29, 1.82) is 0 Å². The molecule has 196 valence electrons. The van der Waals surface area contributed by atoms with Crippen molar-refractivity contribution in [2.75, 3.05) is 13.2 Å². The Bertz CT molecular complexity index is 587. The second-order valence-electron chi connectivity index (χ2n) is 10.2. The Morgan fingerprint density at radius 2 is 1.38 bits per heavy atom. The Morgan fingerprint density at radius 3 is 2.00 bits per heavy atom. The van der Waals surface area contributed by atoms with Crippen LogP contribution in [0.3, 0.4) is 0 Å². The number of ether oxygens (including phenoxy) is 2. The molecule has 1 N–H and O–H groups in total. The van der Waals surface area contributed by atoms with E-state index in [9.17, 15) is 9.59 Å². The topological polar surface area (TPSA) is 64.6 Å². The van der Waals surface area contributed by atoms with E-state index in [0.29, 0.717) is 13.0 Å². The third kappa shape index (κ3) is 23.5. The Morgan fingerprint density at radius 1 is 0.794 bits per heavy atom. The van der Waals surface area contributed by atoms with Crippen LogP contribution in [0.4, 0.5) is 0 Å². The first-order valence-electron chi connectivity index (χ1n) is 13.2. The van der Waals surface area contributed by atoms with Gasteiger partial charge in [0.2, 0.25) is 0 Å². The summed E-state index contributed by atoms with van der Waals surface area (Å²) in [6, 6.07) is 0. The van der Waals surface area contributed by atoms with Gasteiger partial charge >= 0.3 is 11.9 Å². The van der Waals surface area contributed by atoms with Gasteiger partial charge in [-0.2, -0.15) is 0 Å². The Hall–Kier alpha value is -1.62. The molecule has 0 aliphatic rings. The minimum absolute atomic E-state index is 0.0699. The van der Waals surface area contributed by atoms with E-state index in [1.165, 1.54) is 38.5 Å². The van der Waals surface area contributed by atoms with Crippen LogP contribution in [0.5, 0.6) is 0 Å². The molecule has 0 unspecified atom stereocenters. The van der Waals surface area contributed by atoms with Gasteiger partial charge in [0.15, 0.2) is 0 Å². The number of nitrogens with one attached hydrogen (secondary N) is 1. The molecular weight excluding hydrogens is 426 g/mol. The summed E-state index contributed by atoms with van der Waals surface area (Å²) in [6.45, 7) is 16.0. The van der Waals surface area contributed by atoms with E-state index in [0.717, 1.165) is 32.1 Å². The molecule has 0 aromatic carbocycles. The predicted molar refractivity (Wildman–Crippen MR) is 142 cm³/mol. The lowest BCUT2D eigenvalue weighted by Crippen LogP contribution is -2.45. The zero-order valence-corrected chi connectivity index (χ0v) is 22.5. The van der Waals surface area contributed by atoms with E-state index in [1.54, 1.807) is 0 Å². The fourth-order valence-corrected chi connectivity index (χ4v) is 3.24. The third-order valence-corrected chi connectivity index (χ3v) is 5.09. The number of esters is 2. The van der Waals surface area contributed by atoms with Crippen LogP contribution in [0.25, 0.3) is 0 Å². The largest absolute Gasteiger partial charge is 0.464 e. The highest BCUT2D eigenvalue weighted by atomic mass is 16.6. The Kier molecular flexibility index (Phi) is 18.7. The van der Waals surface area contributed by atoms with Gasteiger partial charge in [-0.25, -0.2) is 0 Å². The molecule has 0 fully saturated rings. The molecule has 0 aliphatic carbocycles. The number of hydrogen-bond donors (Lipinski definition) is 1. The molecule has 0 amide bonds. The van der Waals surface area contributed by atoms with Gasteiger partial charge in [0.05, 0.1) is 12.0 Å². The average molecular weight is 478 g/mol. The van der Waals surface area contributed by atoms with Crippen LogP contribution in [0, 0.1) is 13.8 Å². The SMILES string of the molecule is [CH2]C([CH2])(COC(=O)CCCCCCC/C=C\C/C=C\CCCCC)NCCC(=O)OC(C)(C)C. The lowest BCUT2D eigenvalue weighted by molar-refractivity contribution is -0.155. The van der Waals surface area contributed by atoms with Gasteiger partial charge in [0.25, 0.3) is 0 Å². The van der Waals surface area contributed by atoms with Crippen molar-refractivity contribution < 1.29 is 19.1 Å². The maximum atomic E-state index is 12.0. The average Bonchev–Trinajstić information content (AvgIpc) is 2.73. The fraction of sp³-hybridized carbons (Fsp3) is 0.724. The molecule has 0 aromatic heterocycles. The van der Waals surface area contributed by atoms with E-state index >= 15 is 0 Å². The first kappa shape index (κ1) is 32.4. The lowest BCUT2D eigenvalue weighted by atomic mass is 10.1. The van der Waals surface area contributed by atoms with Crippen molar-refractivity contribution >= 4 is 11.9 Å². The highest BCUT2D eigenvalue weighted by molar-refractivity contribution is 5.70. The summed E-state index contributed by atoms with van der Waals surface area (Å²) in [4.78, 5) is 23.7. The van der Waals surface area contributed by atoms with Gasteiger partial charge in [-0.1, -0.05) is 63.3 Å². The summed E-state index contributed by atoms with van der Waals surface area (Å²) >= 11 is 0. The minimum atomic E-state index is -0.879. The van der Waals surface area contributed by atoms with Crippen molar-refractivity contribution in [3.05, 3.63) is 38.2 Å². The van der Waals surface area contributed by atoms with E-state index in [4.69, 9.17) is 9.47 Å². The van der Waals surface area contributed by atoms with Gasteiger partial charge in [0, 0.05) is 13.0 Å².